The van der Waals surface area contributed by atoms with E-state index in [1.807, 2.05) is 19.1 Å². The average molecular weight is 278 g/mol. The highest BCUT2D eigenvalue weighted by Crippen LogP contribution is 2.09. The molecule has 96 valence electrons. The third kappa shape index (κ3) is 4.50. The molecule has 1 saturated heterocycles. The second kappa shape index (κ2) is 7.48. The number of nitrogens with one attached hydrogen (secondary N) is 2. The minimum absolute atomic E-state index is 0. The summed E-state index contributed by atoms with van der Waals surface area (Å²) in [6.45, 7) is 2.91. The summed E-state index contributed by atoms with van der Waals surface area (Å²) in [6.07, 6.45) is 3.68. The van der Waals surface area contributed by atoms with Gasteiger partial charge < -0.3 is 10.6 Å². The van der Waals surface area contributed by atoms with Gasteiger partial charge in [-0.3, -0.25) is 4.79 Å². The number of rotatable bonds is 2. The molecule has 1 aliphatic rings. The second-order valence-electron chi connectivity index (χ2n) is 3.86. The molecule has 2 rings (SSSR count). The van der Waals surface area contributed by atoms with E-state index >= 15 is 0 Å². The molecule has 0 unspecified atom stereocenters. The van der Waals surface area contributed by atoms with E-state index in [0.29, 0.717) is 5.82 Å². The van der Waals surface area contributed by atoms with Crippen LogP contribution in [0, 0.1) is 6.92 Å². The van der Waals surface area contributed by atoms with Gasteiger partial charge in [0.15, 0.2) is 0 Å². The molecule has 1 aliphatic heterocycles. The van der Waals surface area contributed by atoms with Crippen molar-refractivity contribution >= 4 is 36.5 Å². The standard InChI is InChI=1S/C11H15N3O.2ClH/c1-8-4-6-13-10(7-8)14-11(15)9-3-2-5-12-9;;/h4,6-7,9,12H,2-3,5H2,1H3,(H,13,14,15);2*1H/t9-;;/m0../s1. The Labute approximate surface area is 113 Å². The number of anilines is 1. The van der Waals surface area contributed by atoms with Crippen LogP contribution in [0.1, 0.15) is 18.4 Å². The maximum absolute atomic E-state index is 11.7. The molecule has 1 aromatic rings. The summed E-state index contributed by atoms with van der Waals surface area (Å²) in [7, 11) is 0. The van der Waals surface area contributed by atoms with Crippen molar-refractivity contribution in [2.75, 3.05) is 11.9 Å². The summed E-state index contributed by atoms with van der Waals surface area (Å²) in [5, 5.41) is 5.96. The van der Waals surface area contributed by atoms with Gasteiger partial charge in [-0.05, 0) is 44.0 Å². The van der Waals surface area contributed by atoms with Crippen molar-refractivity contribution in [2.45, 2.75) is 25.8 Å². The molecule has 0 radical (unpaired) electrons. The minimum Gasteiger partial charge on any atom is -0.309 e. The number of hydrogen-bond acceptors (Lipinski definition) is 3. The molecule has 0 bridgehead atoms. The normalized spacial score (nSPS) is 17.8. The smallest absolute Gasteiger partial charge is 0.242 e. The first kappa shape index (κ1) is 16.2. The summed E-state index contributed by atoms with van der Waals surface area (Å²) < 4.78 is 0. The Bertz CT molecular complexity index is 367. The van der Waals surface area contributed by atoms with Gasteiger partial charge in [-0.1, -0.05) is 0 Å². The van der Waals surface area contributed by atoms with Crippen LogP contribution in [0.3, 0.4) is 0 Å². The lowest BCUT2D eigenvalue weighted by atomic mass is 10.2. The Morgan fingerprint density at radius 1 is 1.53 bits per heavy atom. The lowest BCUT2D eigenvalue weighted by molar-refractivity contribution is -0.117. The number of amides is 1. The summed E-state index contributed by atoms with van der Waals surface area (Å²) in [5.74, 6) is 0.652. The van der Waals surface area contributed by atoms with Gasteiger partial charge in [0.1, 0.15) is 5.82 Å². The minimum atomic E-state index is -0.0488. The molecule has 17 heavy (non-hydrogen) atoms. The first-order chi connectivity index (χ1) is 7.25. The molecule has 1 amide bonds. The van der Waals surface area contributed by atoms with Crippen LogP contribution in [0.4, 0.5) is 5.82 Å². The molecule has 0 aromatic carbocycles. The number of aryl methyl sites for hydroxylation is 1. The van der Waals surface area contributed by atoms with Crippen molar-refractivity contribution in [2.24, 2.45) is 0 Å². The van der Waals surface area contributed by atoms with Crippen molar-refractivity contribution in [3.8, 4) is 0 Å². The van der Waals surface area contributed by atoms with Gasteiger partial charge in [-0.15, -0.1) is 24.8 Å². The van der Waals surface area contributed by atoms with E-state index in [4.69, 9.17) is 0 Å². The number of carbonyl (C=O) groups is 1. The Hall–Kier alpha value is -0.840. The predicted octanol–water partition coefficient (Wildman–Crippen LogP) is 1.92. The van der Waals surface area contributed by atoms with Crippen molar-refractivity contribution < 1.29 is 4.79 Å². The van der Waals surface area contributed by atoms with Crippen LogP contribution >= 0.6 is 24.8 Å². The van der Waals surface area contributed by atoms with E-state index in [9.17, 15) is 4.79 Å². The Morgan fingerprint density at radius 3 is 2.88 bits per heavy atom. The number of carbonyl (C=O) groups excluding carboxylic acids is 1. The lowest BCUT2D eigenvalue weighted by Crippen LogP contribution is -2.35. The van der Waals surface area contributed by atoms with Gasteiger partial charge in [0.25, 0.3) is 0 Å². The molecule has 0 aliphatic carbocycles. The van der Waals surface area contributed by atoms with E-state index in [1.165, 1.54) is 0 Å². The fourth-order valence-corrected chi connectivity index (χ4v) is 1.73. The van der Waals surface area contributed by atoms with Crippen LogP contribution < -0.4 is 10.6 Å². The fraction of sp³-hybridized carbons (Fsp3) is 0.455. The van der Waals surface area contributed by atoms with E-state index in [-0.39, 0.29) is 36.8 Å². The highest BCUT2D eigenvalue weighted by atomic mass is 35.5. The molecular weight excluding hydrogens is 261 g/mol. The van der Waals surface area contributed by atoms with E-state index in [1.54, 1.807) is 6.20 Å². The van der Waals surface area contributed by atoms with Crippen molar-refractivity contribution in [3.05, 3.63) is 23.9 Å². The second-order valence-corrected chi connectivity index (χ2v) is 3.86. The Balaban J connectivity index is 0.00000128. The van der Waals surface area contributed by atoms with Gasteiger partial charge in [0.2, 0.25) is 5.91 Å². The van der Waals surface area contributed by atoms with Crippen LogP contribution in [-0.2, 0) is 4.79 Å². The number of halogens is 2. The highest BCUT2D eigenvalue weighted by molar-refractivity contribution is 5.94. The molecule has 2 N–H and O–H groups in total. The molecule has 1 aromatic heterocycles. The zero-order valence-electron chi connectivity index (χ0n) is 9.60. The fourth-order valence-electron chi connectivity index (χ4n) is 1.73. The van der Waals surface area contributed by atoms with E-state index in [0.717, 1.165) is 24.9 Å². The maximum Gasteiger partial charge on any atom is 0.242 e. The van der Waals surface area contributed by atoms with Gasteiger partial charge in [0, 0.05) is 6.20 Å². The zero-order valence-corrected chi connectivity index (χ0v) is 11.2. The largest absolute Gasteiger partial charge is 0.309 e. The van der Waals surface area contributed by atoms with Crippen molar-refractivity contribution in [1.82, 2.24) is 10.3 Å². The van der Waals surface area contributed by atoms with Crippen LogP contribution in [0.2, 0.25) is 0 Å². The third-order valence-corrected chi connectivity index (χ3v) is 2.54. The summed E-state index contributed by atoms with van der Waals surface area (Å²) in [5.41, 5.74) is 1.10. The van der Waals surface area contributed by atoms with Crippen LogP contribution in [-0.4, -0.2) is 23.5 Å². The number of pyridine rings is 1. The SMILES string of the molecule is Cc1ccnc(NC(=O)[C@@H]2CCCN2)c1.Cl.Cl. The summed E-state index contributed by atoms with van der Waals surface area (Å²) in [4.78, 5) is 15.8. The van der Waals surface area contributed by atoms with Crippen LogP contribution in [0.15, 0.2) is 18.3 Å². The zero-order chi connectivity index (χ0) is 10.7. The Morgan fingerprint density at radius 2 is 2.29 bits per heavy atom. The lowest BCUT2D eigenvalue weighted by Gasteiger charge is -2.10. The first-order valence-corrected chi connectivity index (χ1v) is 5.22. The molecule has 0 spiro atoms. The van der Waals surface area contributed by atoms with E-state index in [2.05, 4.69) is 15.6 Å². The highest BCUT2D eigenvalue weighted by Gasteiger charge is 2.21. The Kier molecular flexibility index (Phi) is 7.11. The molecule has 0 saturated carbocycles. The number of aromatic nitrogens is 1. The van der Waals surface area contributed by atoms with E-state index < -0.39 is 0 Å². The summed E-state index contributed by atoms with van der Waals surface area (Å²) >= 11 is 0. The van der Waals surface area contributed by atoms with Crippen LogP contribution in [0.25, 0.3) is 0 Å². The van der Waals surface area contributed by atoms with Gasteiger partial charge in [-0.25, -0.2) is 4.98 Å². The third-order valence-electron chi connectivity index (χ3n) is 2.54. The number of nitrogens with zero attached hydrogens (tertiary/aromatic N) is 1. The topological polar surface area (TPSA) is 54.0 Å². The average Bonchev–Trinajstić information content (AvgIpc) is 2.70. The van der Waals surface area contributed by atoms with Crippen molar-refractivity contribution in [1.29, 1.82) is 0 Å². The molecule has 4 nitrogen and oxygen atoms in total. The van der Waals surface area contributed by atoms with Crippen LogP contribution in [0.5, 0.6) is 0 Å². The molecular formula is C11H17Cl2N3O. The van der Waals surface area contributed by atoms with Gasteiger partial charge in [0.05, 0.1) is 6.04 Å². The molecule has 1 atom stereocenters. The molecule has 2 heterocycles. The predicted molar refractivity (Wildman–Crippen MR) is 73.1 cm³/mol. The number of hydrogen-bond donors (Lipinski definition) is 2. The maximum atomic E-state index is 11.7. The van der Waals surface area contributed by atoms with Crippen molar-refractivity contribution in [3.63, 3.8) is 0 Å². The molecule has 6 heteroatoms. The van der Waals surface area contributed by atoms with Gasteiger partial charge in [-0.2, -0.15) is 0 Å². The summed E-state index contributed by atoms with van der Waals surface area (Å²) in [6, 6.07) is 3.73. The van der Waals surface area contributed by atoms with Gasteiger partial charge >= 0.3 is 0 Å². The monoisotopic (exact) mass is 277 g/mol. The quantitative estimate of drug-likeness (QED) is 0.869. The molecule has 1 fully saturated rings. The first-order valence-electron chi connectivity index (χ1n) is 5.22.